The van der Waals surface area contributed by atoms with E-state index in [9.17, 15) is 8.42 Å². The van der Waals surface area contributed by atoms with Crippen LogP contribution in [-0.4, -0.2) is 34.9 Å². The second kappa shape index (κ2) is 7.56. The van der Waals surface area contributed by atoms with Crippen LogP contribution >= 0.6 is 0 Å². The number of hydrogen-bond acceptors (Lipinski definition) is 7. The first-order valence-corrected chi connectivity index (χ1v) is 10.8. The van der Waals surface area contributed by atoms with Gasteiger partial charge in [-0.2, -0.15) is 0 Å². The fraction of sp³-hybridized carbons (Fsp3) is 0.286. The molecule has 0 spiro atoms. The number of ether oxygens (including phenoxy) is 3. The molecule has 0 radical (unpaired) electrons. The second-order valence-electron chi connectivity index (χ2n) is 7.00. The van der Waals surface area contributed by atoms with Crippen molar-refractivity contribution in [2.24, 2.45) is 0 Å². The number of benzene rings is 2. The Labute approximate surface area is 174 Å². The molecule has 0 aliphatic heterocycles. The predicted molar refractivity (Wildman–Crippen MR) is 111 cm³/mol. The van der Waals surface area contributed by atoms with Crippen LogP contribution in [0.2, 0.25) is 0 Å². The highest BCUT2D eigenvalue weighted by molar-refractivity contribution is 7.93. The van der Waals surface area contributed by atoms with Crippen molar-refractivity contribution in [1.82, 2.24) is 5.16 Å². The van der Waals surface area contributed by atoms with Gasteiger partial charge in [0.05, 0.1) is 21.3 Å². The van der Waals surface area contributed by atoms with E-state index < -0.39 is 10.0 Å². The van der Waals surface area contributed by atoms with E-state index in [-0.39, 0.29) is 28.1 Å². The van der Waals surface area contributed by atoms with Crippen LogP contribution in [0.4, 0.5) is 5.82 Å². The zero-order chi connectivity index (χ0) is 21.5. The highest BCUT2D eigenvalue weighted by Crippen LogP contribution is 2.45. The van der Waals surface area contributed by atoms with Gasteiger partial charge >= 0.3 is 0 Å². The molecular formula is C21H22N2O6S. The van der Waals surface area contributed by atoms with Gasteiger partial charge in [-0.25, -0.2) is 8.42 Å². The van der Waals surface area contributed by atoms with E-state index in [0.29, 0.717) is 17.1 Å². The van der Waals surface area contributed by atoms with Gasteiger partial charge in [0.15, 0.2) is 16.5 Å². The molecule has 9 heteroatoms. The molecule has 1 unspecified atom stereocenters. The Morgan fingerprint density at radius 3 is 2.40 bits per heavy atom. The first-order chi connectivity index (χ1) is 14.4. The molecule has 158 valence electrons. The summed E-state index contributed by atoms with van der Waals surface area (Å²) in [4.78, 5) is -0.0997. The van der Waals surface area contributed by atoms with Crippen LogP contribution in [0.5, 0.6) is 17.2 Å². The van der Waals surface area contributed by atoms with Crippen molar-refractivity contribution in [3.8, 4) is 28.6 Å². The molecule has 1 aromatic heterocycles. The lowest BCUT2D eigenvalue weighted by atomic mass is 9.83. The first-order valence-electron chi connectivity index (χ1n) is 9.30. The molecular weight excluding hydrogens is 408 g/mol. The maximum atomic E-state index is 13.2. The lowest BCUT2D eigenvalue weighted by Gasteiger charge is -2.22. The topological polar surface area (TPSA) is 99.9 Å². The molecule has 1 N–H and O–H groups in total. The summed E-state index contributed by atoms with van der Waals surface area (Å²) in [6, 6.07) is 10.5. The molecule has 0 saturated heterocycles. The molecule has 4 rings (SSSR count). The summed E-state index contributed by atoms with van der Waals surface area (Å²) in [5.41, 5.74) is 2.64. The van der Waals surface area contributed by atoms with E-state index >= 15 is 0 Å². The molecule has 0 bridgehead atoms. The number of nitrogens with zero attached hydrogens (tertiary/aromatic N) is 1. The third-order valence-electron chi connectivity index (χ3n) is 5.19. The molecule has 0 saturated carbocycles. The summed E-state index contributed by atoms with van der Waals surface area (Å²) < 4.78 is 50.4. The molecule has 1 heterocycles. The summed E-state index contributed by atoms with van der Waals surface area (Å²) in [5, 5.41) is 4.04. The van der Waals surface area contributed by atoms with Crippen LogP contribution in [0, 0.1) is 0 Å². The van der Waals surface area contributed by atoms with Crippen LogP contribution in [-0.2, 0) is 16.4 Å². The highest BCUT2D eigenvalue weighted by Gasteiger charge is 2.33. The van der Waals surface area contributed by atoms with E-state index in [1.165, 1.54) is 14.2 Å². The number of anilines is 1. The van der Waals surface area contributed by atoms with Crippen molar-refractivity contribution in [2.45, 2.75) is 24.2 Å². The zero-order valence-electron chi connectivity index (χ0n) is 17.1. The van der Waals surface area contributed by atoms with Crippen LogP contribution < -0.4 is 18.9 Å². The van der Waals surface area contributed by atoms with Crippen molar-refractivity contribution >= 4 is 15.8 Å². The molecule has 1 aliphatic carbocycles. The van der Waals surface area contributed by atoms with Gasteiger partial charge in [-0.15, -0.1) is 0 Å². The Kier molecular flexibility index (Phi) is 5.07. The minimum atomic E-state index is -4.06. The van der Waals surface area contributed by atoms with Crippen molar-refractivity contribution in [2.75, 3.05) is 26.1 Å². The van der Waals surface area contributed by atoms with Crippen molar-refractivity contribution in [3.05, 3.63) is 47.5 Å². The van der Waals surface area contributed by atoms with E-state index in [4.69, 9.17) is 18.7 Å². The summed E-state index contributed by atoms with van der Waals surface area (Å²) in [7, 11) is 0.331. The Bertz CT molecular complexity index is 1180. The lowest BCUT2D eigenvalue weighted by molar-refractivity contribution is 0.373. The largest absolute Gasteiger partial charge is 0.497 e. The smallest absolute Gasteiger partial charge is 0.270 e. The Balaban J connectivity index is 1.79. The summed E-state index contributed by atoms with van der Waals surface area (Å²) in [6.07, 6.45) is 0.722. The third-order valence-corrected chi connectivity index (χ3v) is 6.59. The Morgan fingerprint density at radius 1 is 1.07 bits per heavy atom. The van der Waals surface area contributed by atoms with Crippen molar-refractivity contribution in [1.29, 1.82) is 0 Å². The average molecular weight is 430 g/mol. The number of hydrogen-bond donors (Lipinski definition) is 1. The normalized spacial score (nSPS) is 15.1. The van der Waals surface area contributed by atoms with Gasteiger partial charge in [-0.05, 0) is 42.2 Å². The SMILES string of the molecule is COc1ccc2c(c1)-c1onc(NS(=O)(=O)c3c(OC)cccc3OC)c1C(C)C2. The molecule has 2 aromatic carbocycles. The molecule has 3 aromatic rings. The zero-order valence-corrected chi connectivity index (χ0v) is 17.9. The van der Waals surface area contributed by atoms with Gasteiger partial charge in [-0.1, -0.05) is 24.2 Å². The predicted octanol–water partition coefficient (Wildman–Crippen LogP) is 3.83. The number of aromatic nitrogens is 1. The minimum absolute atomic E-state index is 0.00408. The number of fused-ring (bicyclic) bond motifs is 3. The Hall–Kier alpha value is -3.20. The van der Waals surface area contributed by atoms with Crippen molar-refractivity contribution in [3.63, 3.8) is 0 Å². The first kappa shape index (κ1) is 20.1. The summed E-state index contributed by atoms with van der Waals surface area (Å²) in [6.45, 7) is 2.00. The summed E-state index contributed by atoms with van der Waals surface area (Å²) >= 11 is 0. The van der Waals surface area contributed by atoms with Gasteiger partial charge in [0.1, 0.15) is 17.2 Å². The average Bonchev–Trinajstić information content (AvgIpc) is 3.16. The van der Waals surface area contributed by atoms with Gasteiger partial charge < -0.3 is 18.7 Å². The van der Waals surface area contributed by atoms with E-state index in [1.807, 2.05) is 25.1 Å². The number of methoxy groups -OCH3 is 3. The standard InChI is InChI=1S/C21H22N2O6S/c1-12-10-13-8-9-14(26-2)11-15(13)19-18(12)21(22-29-19)23-30(24,25)20-16(27-3)6-5-7-17(20)28-4/h5-9,11-12H,10H2,1-4H3,(H,22,23). The van der Waals surface area contributed by atoms with E-state index in [1.54, 1.807) is 25.3 Å². The van der Waals surface area contributed by atoms with Crippen molar-refractivity contribution < 1.29 is 27.2 Å². The molecule has 0 fully saturated rings. The number of sulfonamides is 1. The fourth-order valence-electron chi connectivity index (χ4n) is 3.79. The van der Waals surface area contributed by atoms with Crippen LogP contribution in [0.15, 0.2) is 45.8 Å². The van der Waals surface area contributed by atoms with Gasteiger partial charge in [-0.3, -0.25) is 4.72 Å². The monoisotopic (exact) mass is 430 g/mol. The third kappa shape index (κ3) is 3.24. The summed E-state index contributed by atoms with van der Waals surface area (Å²) in [5.74, 6) is 1.71. The Morgan fingerprint density at radius 2 is 1.77 bits per heavy atom. The molecule has 1 atom stereocenters. The quantitative estimate of drug-likeness (QED) is 0.634. The maximum absolute atomic E-state index is 13.2. The fourth-order valence-corrected chi connectivity index (χ4v) is 5.12. The second-order valence-corrected chi connectivity index (χ2v) is 8.62. The lowest BCUT2D eigenvalue weighted by Crippen LogP contribution is -2.18. The van der Waals surface area contributed by atoms with Crippen LogP contribution in [0.1, 0.15) is 24.0 Å². The van der Waals surface area contributed by atoms with Crippen LogP contribution in [0.25, 0.3) is 11.3 Å². The van der Waals surface area contributed by atoms with Gasteiger partial charge in [0.25, 0.3) is 10.0 Å². The highest BCUT2D eigenvalue weighted by atomic mass is 32.2. The molecule has 1 aliphatic rings. The molecule has 8 nitrogen and oxygen atoms in total. The molecule has 0 amide bonds. The minimum Gasteiger partial charge on any atom is -0.497 e. The van der Waals surface area contributed by atoms with Gasteiger partial charge in [0.2, 0.25) is 0 Å². The van der Waals surface area contributed by atoms with Crippen LogP contribution in [0.3, 0.4) is 0 Å². The number of nitrogens with one attached hydrogen (secondary N) is 1. The number of rotatable bonds is 6. The van der Waals surface area contributed by atoms with Gasteiger partial charge in [0, 0.05) is 11.1 Å². The van der Waals surface area contributed by atoms with E-state index in [2.05, 4.69) is 9.88 Å². The maximum Gasteiger partial charge on any atom is 0.270 e. The van der Waals surface area contributed by atoms with E-state index in [0.717, 1.165) is 17.5 Å². The molecule has 30 heavy (non-hydrogen) atoms.